The summed E-state index contributed by atoms with van der Waals surface area (Å²) < 4.78 is 0. The zero-order valence-electron chi connectivity index (χ0n) is 8.52. The zero-order chi connectivity index (χ0) is 11.4. The summed E-state index contributed by atoms with van der Waals surface area (Å²) in [5.41, 5.74) is 1.77. The highest BCUT2D eigenvalue weighted by atomic mass is 35.5. The van der Waals surface area contributed by atoms with Crippen LogP contribution in [0, 0.1) is 0 Å². The second-order valence-corrected chi connectivity index (χ2v) is 3.72. The topological polar surface area (TPSA) is 45.1 Å². The highest BCUT2D eigenvalue weighted by molar-refractivity contribution is 6.31. The van der Waals surface area contributed by atoms with E-state index < -0.39 is 0 Å². The largest absolute Gasteiger partial charge is 0.508 e. The minimum absolute atomic E-state index is 0.261. The summed E-state index contributed by atoms with van der Waals surface area (Å²) in [4.78, 5) is 3.96. The predicted octanol–water partition coefficient (Wildman–Crippen LogP) is 3.05. The van der Waals surface area contributed by atoms with Crippen molar-refractivity contribution in [3.05, 3.63) is 53.3 Å². The van der Waals surface area contributed by atoms with Crippen molar-refractivity contribution >= 4 is 17.3 Å². The quantitative estimate of drug-likeness (QED) is 0.803. The molecule has 82 valence electrons. The standard InChI is InChI=1S/C12H11ClN2O/c13-12-11(5-2-6-14-12)15-8-9-3-1-4-10(16)7-9/h1-7,15-16H,8H2. The molecule has 0 radical (unpaired) electrons. The molecule has 0 saturated heterocycles. The second-order valence-electron chi connectivity index (χ2n) is 3.37. The van der Waals surface area contributed by atoms with E-state index in [1.54, 1.807) is 24.4 Å². The molecule has 0 amide bonds. The Bertz CT molecular complexity index is 488. The molecule has 0 atom stereocenters. The Labute approximate surface area is 98.7 Å². The van der Waals surface area contributed by atoms with Crippen molar-refractivity contribution in [1.29, 1.82) is 0 Å². The maximum Gasteiger partial charge on any atom is 0.152 e. The van der Waals surface area contributed by atoms with Crippen molar-refractivity contribution in [2.75, 3.05) is 5.32 Å². The van der Waals surface area contributed by atoms with Gasteiger partial charge in [0.15, 0.2) is 5.15 Å². The molecule has 1 aromatic heterocycles. The number of hydrogen-bond acceptors (Lipinski definition) is 3. The Kier molecular flexibility index (Phi) is 3.27. The Morgan fingerprint density at radius 1 is 1.25 bits per heavy atom. The van der Waals surface area contributed by atoms with E-state index in [2.05, 4.69) is 10.3 Å². The molecule has 1 heterocycles. The van der Waals surface area contributed by atoms with Gasteiger partial charge in [0.1, 0.15) is 5.75 Å². The van der Waals surface area contributed by atoms with Gasteiger partial charge >= 0.3 is 0 Å². The average molecular weight is 235 g/mol. The first-order chi connectivity index (χ1) is 7.75. The van der Waals surface area contributed by atoms with Crippen LogP contribution in [0.5, 0.6) is 5.75 Å². The zero-order valence-corrected chi connectivity index (χ0v) is 9.28. The lowest BCUT2D eigenvalue weighted by molar-refractivity contribution is 0.474. The molecule has 0 bridgehead atoms. The second kappa shape index (κ2) is 4.86. The van der Waals surface area contributed by atoms with Gasteiger partial charge in [0, 0.05) is 12.7 Å². The Hall–Kier alpha value is -1.74. The van der Waals surface area contributed by atoms with Crippen LogP contribution in [0.3, 0.4) is 0 Å². The molecule has 3 nitrogen and oxygen atoms in total. The van der Waals surface area contributed by atoms with Crippen molar-refractivity contribution in [2.24, 2.45) is 0 Å². The Balaban J connectivity index is 2.05. The van der Waals surface area contributed by atoms with Gasteiger partial charge in [0.05, 0.1) is 5.69 Å². The van der Waals surface area contributed by atoms with Gasteiger partial charge in [-0.25, -0.2) is 4.98 Å². The van der Waals surface area contributed by atoms with E-state index >= 15 is 0 Å². The lowest BCUT2D eigenvalue weighted by Crippen LogP contribution is -2.00. The Morgan fingerprint density at radius 3 is 2.88 bits per heavy atom. The van der Waals surface area contributed by atoms with Crippen LogP contribution in [-0.2, 0) is 6.54 Å². The van der Waals surface area contributed by atoms with Crippen molar-refractivity contribution in [3.63, 3.8) is 0 Å². The maximum atomic E-state index is 9.30. The first kappa shape index (κ1) is 10.8. The number of pyridine rings is 1. The van der Waals surface area contributed by atoms with E-state index in [-0.39, 0.29) is 5.75 Å². The van der Waals surface area contributed by atoms with Crippen LogP contribution in [0.15, 0.2) is 42.6 Å². The summed E-state index contributed by atoms with van der Waals surface area (Å²) in [7, 11) is 0. The first-order valence-electron chi connectivity index (χ1n) is 4.88. The van der Waals surface area contributed by atoms with Gasteiger partial charge < -0.3 is 10.4 Å². The molecule has 0 aliphatic heterocycles. The molecular weight excluding hydrogens is 224 g/mol. The molecule has 0 unspecified atom stereocenters. The van der Waals surface area contributed by atoms with Crippen molar-refractivity contribution in [3.8, 4) is 5.75 Å². The molecular formula is C12H11ClN2O. The lowest BCUT2D eigenvalue weighted by atomic mass is 10.2. The molecule has 0 fully saturated rings. The normalized spacial score (nSPS) is 10.1. The summed E-state index contributed by atoms with van der Waals surface area (Å²) in [5, 5.41) is 12.9. The van der Waals surface area contributed by atoms with Crippen LogP contribution < -0.4 is 5.32 Å². The molecule has 1 aromatic carbocycles. The van der Waals surface area contributed by atoms with Gasteiger partial charge in [-0.1, -0.05) is 23.7 Å². The molecule has 0 spiro atoms. The van der Waals surface area contributed by atoms with E-state index in [9.17, 15) is 5.11 Å². The molecule has 2 rings (SSSR count). The summed E-state index contributed by atoms with van der Waals surface area (Å²) in [5.74, 6) is 0.261. The number of phenols is 1. The third-order valence-electron chi connectivity index (χ3n) is 2.15. The van der Waals surface area contributed by atoms with Crippen molar-refractivity contribution < 1.29 is 5.11 Å². The fourth-order valence-corrected chi connectivity index (χ4v) is 1.57. The Morgan fingerprint density at radius 2 is 2.12 bits per heavy atom. The van der Waals surface area contributed by atoms with Crippen LogP contribution in [0.25, 0.3) is 0 Å². The number of benzene rings is 1. The van der Waals surface area contributed by atoms with Gasteiger partial charge in [-0.3, -0.25) is 0 Å². The van der Waals surface area contributed by atoms with Crippen molar-refractivity contribution in [2.45, 2.75) is 6.54 Å². The number of phenolic OH excluding ortho intramolecular Hbond substituents is 1. The number of aromatic nitrogens is 1. The minimum Gasteiger partial charge on any atom is -0.508 e. The minimum atomic E-state index is 0.261. The highest BCUT2D eigenvalue weighted by Gasteiger charge is 1.99. The van der Waals surface area contributed by atoms with Gasteiger partial charge in [-0.15, -0.1) is 0 Å². The van der Waals surface area contributed by atoms with Crippen LogP contribution in [-0.4, -0.2) is 10.1 Å². The molecule has 4 heteroatoms. The molecule has 2 N–H and O–H groups in total. The monoisotopic (exact) mass is 234 g/mol. The maximum absolute atomic E-state index is 9.30. The SMILES string of the molecule is Oc1cccc(CNc2cccnc2Cl)c1. The fourth-order valence-electron chi connectivity index (χ4n) is 1.38. The third-order valence-corrected chi connectivity index (χ3v) is 2.45. The summed E-state index contributed by atoms with van der Waals surface area (Å²) in [6, 6.07) is 10.8. The summed E-state index contributed by atoms with van der Waals surface area (Å²) in [6.07, 6.45) is 1.64. The van der Waals surface area contributed by atoms with E-state index in [0.717, 1.165) is 11.3 Å². The molecule has 0 aliphatic carbocycles. The molecule has 2 aromatic rings. The molecule has 16 heavy (non-hydrogen) atoms. The van der Waals surface area contributed by atoms with E-state index in [0.29, 0.717) is 11.7 Å². The average Bonchev–Trinajstić information content (AvgIpc) is 2.28. The van der Waals surface area contributed by atoms with Crippen LogP contribution in [0.1, 0.15) is 5.56 Å². The number of nitrogens with one attached hydrogen (secondary N) is 1. The number of nitrogens with zero attached hydrogens (tertiary/aromatic N) is 1. The number of anilines is 1. The highest BCUT2D eigenvalue weighted by Crippen LogP contribution is 2.19. The first-order valence-corrected chi connectivity index (χ1v) is 5.26. The number of hydrogen-bond donors (Lipinski definition) is 2. The van der Waals surface area contributed by atoms with Crippen LogP contribution in [0.4, 0.5) is 5.69 Å². The van der Waals surface area contributed by atoms with Crippen LogP contribution >= 0.6 is 11.6 Å². The van der Waals surface area contributed by atoms with E-state index in [1.165, 1.54) is 0 Å². The number of halogens is 1. The van der Waals surface area contributed by atoms with Gasteiger partial charge in [-0.2, -0.15) is 0 Å². The third kappa shape index (κ3) is 2.64. The van der Waals surface area contributed by atoms with Gasteiger partial charge in [-0.05, 0) is 29.8 Å². The number of rotatable bonds is 3. The predicted molar refractivity (Wildman–Crippen MR) is 64.7 cm³/mol. The van der Waals surface area contributed by atoms with Gasteiger partial charge in [0.25, 0.3) is 0 Å². The fraction of sp³-hybridized carbons (Fsp3) is 0.0833. The van der Waals surface area contributed by atoms with E-state index in [1.807, 2.05) is 18.2 Å². The lowest BCUT2D eigenvalue weighted by Gasteiger charge is -2.07. The summed E-state index contributed by atoms with van der Waals surface area (Å²) >= 11 is 5.90. The smallest absolute Gasteiger partial charge is 0.152 e. The summed E-state index contributed by atoms with van der Waals surface area (Å²) in [6.45, 7) is 0.597. The van der Waals surface area contributed by atoms with Gasteiger partial charge in [0.2, 0.25) is 0 Å². The molecule has 0 saturated carbocycles. The molecule has 0 aliphatic rings. The van der Waals surface area contributed by atoms with E-state index in [4.69, 9.17) is 11.6 Å². The van der Waals surface area contributed by atoms with Crippen molar-refractivity contribution in [1.82, 2.24) is 4.98 Å². The number of aromatic hydroxyl groups is 1. The van der Waals surface area contributed by atoms with Crippen LogP contribution in [0.2, 0.25) is 5.15 Å².